The van der Waals surface area contributed by atoms with Gasteiger partial charge in [-0.3, -0.25) is 4.79 Å². The Kier molecular flexibility index (Phi) is 5.16. The van der Waals surface area contributed by atoms with Gasteiger partial charge < -0.3 is 14.0 Å². The third-order valence-corrected chi connectivity index (χ3v) is 4.75. The summed E-state index contributed by atoms with van der Waals surface area (Å²) >= 11 is 0. The molecule has 1 heterocycles. The Bertz CT molecular complexity index is 846. The van der Waals surface area contributed by atoms with Crippen molar-refractivity contribution in [3.8, 4) is 5.75 Å². The van der Waals surface area contributed by atoms with Gasteiger partial charge in [0.2, 0.25) is 5.78 Å². The van der Waals surface area contributed by atoms with Gasteiger partial charge in [-0.25, -0.2) is 4.79 Å². The number of esters is 1. The lowest BCUT2D eigenvalue weighted by Crippen LogP contribution is -2.20. The van der Waals surface area contributed by atoms with Crippen molar-refractivity contribution in [3.05, 3.63) is 52.3 Å². The fraction of sp³-hybridized carbons (Fsp3) is 0.429. The van der Waals surface area contributed by atoms with E-state index in [1.54, 1.807) is 0 Å². The molecule has 5 nitrogen and oxygen atoms in total. The molecule has 0 N–H and O–H groups in total. The second-order valence-corrected chi connectivity index (χ2v) is 7.03. The third kappa shape index (κ3) is 3.98. The van der Waals surface area contributed by atoms with Crippen LogP contribution in [0.2, 0.25) is 0 Å². The van der Waals surface area contributed by atoms with E-state index in [0.717, 1.165) is 35.4 Å². The van der Waals surface area contributed by atoms with Crippen molar-refractivity contribution < 1.29 is 19.1 Å². The molecule has 1 aromatic carbocycles. The number of hydrogen-bond donors (Lipinski definition) is 0. The van der Waals surface area contributed by atoms with Gasteiger partial charge in [-0.2, -0.15) is 0 Å². The Balaban J connectivity index is 1.54. The quantitative estimate of drug-likeness (QED) is 0.559. The van der Waals surface area contributed by atoms with E-state index in [-0.39, 0.29) is 19.0 Å². The summed E-state index contributed by atoms with van der Waals surface area (Å²) in [5, 5.41) is 0. The van der Waals surface area contributed by atoms with Crippen molar-refractivity contribution in [2.75, 3.05) is 13.2 Å². The van der Waals surface area contributed by atoms with Crippen LogP contribution < -0.4 is 4.74 Å². The predicted octanol–water partition coefficient (Wildman–Crippen LogP) is 3.86. The van der Waals surface area contributed by atoms with Crippen LogP contribution in [0.4, 0.5) is 0 Å². The fourth-order valence-corrected chi connectivity index (χ4v) is 3.22. The maximum Gasteiger partial charge on any atom is 0.344 e. The number of carbonyl (C=O) groups is 2. The summed E-state index contributed by atoms with van der Waals surface area (Å²) in [6.45, 7) is 7.36. The van der Waals surface area contributed by atoms with Gasteiger partial charge in [0.25, 0.3) is 0 Å². The number of rotatable bonds is 7. The largest absolute Gasteiger partial charge is 0.482 e. The monoisotopic (exact) mass is 355 g/mol. The Morgan fingerprint density at radius 2 is 1.81 bits per heavy atom. The van der Waals surface area contributed by atoms with Gasteiger partial charge in [0.1, 0.15) is 5.75 Å². The van der Waals surface area contributed by atoms with E-state index in [1.807, 2.05) is 52.0 Å². The summed E-state index contributed by atoms with van der Waals surface area (Å²) in [4.78, 5) is 24.3. The number of ether oxygens (including phenoxy) is 2. The SMILES string of the molecule is Cc1ccc(C)c(OCC(=O)OCC(=O)c2cc(C)n(C3CC3)c2C)c1. The van der Waals surface area contributed by atoms with Crippen molar-refractivity contribution in [3.63, 3.8) is 0 Å². The van der Waals surface area contributed by atoms with Gasteiger partial charge in [0.15, 0.2) is 13.2 Å². The predicted molar refractivity (Wildman–Crippen MR) is 98.9 cm³/mol. The van der Waals surface area contributed by atoms with E-state index in [0.29, 0.717) is 17.4 Å². The lowest BCUT2D eigenvalue weighted by molar-refractivity contribution is -0.144. The van der Waals surface area contributed by atoms with Crippen LogP contribution in [0.15, 0.2) is 24.3 Å². The number of Topliss-reactive ketones (excluding diaryl/α,β-unsaturated/α-hetero) is 1. The first kappa shape index (κ1) is 18.2. The number of aromatic nitrogens is 1. The van der Waals surface area contributed by atoms with E-state index >= 15 is 0 Å². The minimum atomic E-state index is -0.546. The van der Waals surface area contributed by atoms with E-state index in [1.165, 1.54) is 0 Å². The second kappa shape index (κ2) is 7.36. The van der Waals surface area contributed by atoms with Gasteiger partial charge in [-0.05, 0) is 63.8 Å². The van der Waals surface area contributed by atoms with Crippen molar-refractivity contribution in [1.29, 1.82) is 0 Å². The van der Waals surface area contributed by atoms with Gasteiger partial charge in [-0.1, -0.05) is 12.1 Å². The number of ketones is 1. The summed E-state index contributed by atoms with van der Waals surface area (Å²) in [7, 11) is 0. The molecule has 138 valence electrons. The normalized spacial score (nSPS) is 13.5. The molecule has 2 aromatic rings. The molecule has 5 heteroatoms. The molecule has 1 aliphatic rings. The number of nitrogens with zero attached hydrogens (tertiary/aromatic N) is 1. The zero-order valence-electron chi connectivity index (χ0n) is 15.8. The van der Waals surface area contributed by atoms with E-state index in [4.69, 9.17) is 9.47 Å². The van der Waals surface area contributed by atoms with E-state index in [9.17, 15) is 9.59 Å². The van der Waals surface area contributed by atoms with Crippen LogP contribution in [0.25, 0.3) is 0 Å². The minimum absolute atomic E-state index is 0.176. The second-order valence-electron chi connectivity index (χ2n) is 7.03. The molecule has 0 unspecified atom stereocenters. The highest BCUT2D eigenvalue weighted by Crippen LogP contribution is 2.38. The van der Waals surface area contributed by atoms with Crippen LogP contribution >= 0.6 is 0 Å². The molecule has 0 aliphatic heterocycles. The molecule has 0 amide bonds. The molecule has 1 aliphatic carbocycles. The Morgan fingerprint density at radius 3 is 2.50 bits per heavy atom. The van der Waals surface area contributed by atoms with Gasteiger partial charge in [-0.15, -0.1) is 0 Å². The van der Waals surface area contributed by atoms with Crippen molar-refractivity contribution in [1.82, 2.24) is 4.57 Å². The van der Waals surface area contributed by atoms with Crippen LogP contribution in [0.1, 0.15) is 51.8 Å². The number of benzene rings is 1. The molecule has 0 radical (unpaired) electrons. The first-order chi connectivity index (χ1) is 12.4. The molecule has 0 bridgehead atoms. The van der Waals surface area contributed by atoms with Gasteiger partial charge in [0.05, 0.1) is 0 Å². The Morgan fingerprint density at radius 1 is 1.08 bits per heavy atom. The molecule has 26 heavy (non-hydrogen) atoms. The molecule has 1 aromatic heterocycles. The maximum absolute atomic E-state index is 12.4. The molecular weight excluding hydrogens is 330 g/mol. The summed E-state index contributed by atoms with van der Waals surface area (Å²) in [6, 6.07) is 8.20. The summed E-state index contributed by atoms with van der Waals surface area (Å²) in [6.07, 6.45) is 2.32. The zero-order chi connectivity index (χ0) is 18.8. The highest BCUT2D eigenvalue weighted by atomic mass is 16.6. The lowest BCUT2D eigenvalue weighted by Gasteiger charge is -2.10. The molecule has 3 rings (SSSR count). The first-order valence-electron chi connectivity index (χ1n) is 8.94. The molecule has 0 spiro atoms. The maximum atomic E-state index is 12.4. The average molecular weight is 355 g/mol. The highest BCUT2D eigenvalue weighted by molar-refractivity contribution is 5.99. The third-order valence-electron chi connectivity index (χ3n) is 4.75. The standard InChI is InChI=1S/C21H25NO4/c1-13-5-6-14(2)20(9-13)25-12-21(24)26-11-19(23)18-10-15(3)22(16(18)4)17-7-8-17/h5-6,9-10,17H,7-8,11-12H2,1-4H3. The Labute approximate surface area is 153 Å². The van der Waals surface area contributed by atoms with Crippen LogP contribution in [0.3, 0.4) is 0 Å². The molecule has 1 saturated carbocycles. The van der Waals surface area contributed by atoms with Crippen molar-refractivity contribution in [2.24, 2.45) is 0 Å². The number of aryl methyl sites for hydroxylation is 3. The van der Waals surface area contributed by atoms with Crippen LogP contribution in [-0.2, 0) is 9.53 Å². The molecule has 0 atom stereocenters. The first-order valence-corrected chi connectivity index (χ1v) is 8.94. The summed E-state index contributed by atoms with van der Waals surface area (Å²) in [5.74, 6) is -0.0680. The highest BCUT2D eigenvalue weighted by Gasteiger charge is 2.28. The molecule has 1 fully saturated rings. The topological polar surface area (TPSA) is 57.5 Å². The van der Waals surface area contributed by atoms with E-state index in [2.05, 4.69) is 4.57 Å². The lowest BCUT2D eigenvalue weighted by atomic mass is 10.1. The molecule has 0 saturated heterocycles. The Hall–Kier alpha value is -2.56. The molecular formula is C21H25NO4. The summed E-state index contributed by atoms with van der Waals surface area (Å²) in [5.41, 5.74) is 4.68. The van der Waals surface area contributed by atoms with Gasteiger partial charge in [0, 0.05) is 23.0 Å². The number of hydrogen-bond acceptors (Lipinski definition) is 4. The van der Waals surface area contributed by atoms with Crippen molar-refractivity contribution in [2.45, 2.75) is 46.6 Å². The smallest absolute Gasteiger partial charge is 0.344 e. The van der Waals surface area contributed by atoms with Crippen LogP contribution in [0, 0.1) is 27.7 Å². The minimum Gasteiger partial charge on any atom is -0.482 e. The van der Waals surface area contributed by atoms with E-state index < -0.39 is 5.97 Å². The van der Waals surface area contributed by atoms with Gasteiger partial charge >= 0.3 is 5.97 Å². The number of carbonyl (C=O) groups excluding carboxylic acids is 2. The average Bonchev–Trinajstić information content (AvgIpc) is 3.38. The van der Waals surface area contributed by atoms with Crippen molar-refractivity contribution >= 4 is 11.8 Å². The zero-order valence-corrected chi connectivity index (χ0v) is 15.8. The van der Waals surface area contributed by atoms with Crippen LogP contribution in [-0.4, -0.2) is 29.5 Å². The summed E-state index contributed by atoms with van der Waals surface area (Å²) < 4.78 is 12.8. The van der Waals surface area contributed by atoms with Crippen LogP contribution in [0.5, 0.6) is 5.75 Å². The fourth-order valence-electron chi connectivity index (χ4n) is 3.22.